The molecule has 0 saturated carbocycles. The monoisotopic (exact) mass is 390 g/mol. The lowest BCUT2D eigenvalue weighted by molar-refractivity contribution is -0.123. The third kappa shape index (κ3) is 5.29. The zero-order chi connectivity index (χ0) is 16.8. The molecule has 0 fully saturated rings. The molecular formula is C15H10Cl4N2O2. The second-order valence-electron chi connectivity index (χ2n) is 4.30. The third-order valence-corrected chi connectivity index (χ3v) is 3.99. The normalized spacial score (nSPS) is 10.8. The van der Waals surface area contributed by atoms with E-state index < -0.39 is 5.91 Å². The van der Waals surface area contributed by atoms with E-state index in [1.54, 1.807) is 18.2 Å². The fourth-order valence-electron chi connectivity index (χ4n) is 1.54. The van der Waals surface area contributed by atoms with E-state index in [0.717, 1.165) is 0 Å². The van der Waals surface area contributed by atoms with Gasteiger partial charge < -0.3 is 4.74 Å². The van der Waals surface area contributed by atoms with E-state index in [4.69, 9.17) is 51.1 Å². The molecule has 8 heteroatoms. The van der Waals surface area contributed by atoms with Gasteiger partial charge in [0.2, 0.25) is 0 Å². The zero-order valence-electron chi connectivity index (χ0n) is 11.5. The highest BCUT2D eigenvalue weighted by molar-refractivity contribution is 6.43. The Balaban J connectivity index is 1.89. The number of nitrogens with zero attached hydrogens (tertiary/aromatic N) is 1. The maximum Gasteiger partial charge on any atom is 0.277 e. The summed E-state index contributed by atoms with van der Waals surface area (Å²) in [4.78, 5) is 11.7. The van der Waals surface area contributed by atoms with Gasteiger partial charge in [-0.25, -0.2) is 5.43 Å². The van der Waals surface area contributed by atoms with Crippen molar-refractivity contribution in [1.82, 2.24) is 5.43 Å². The smallest absolute Gasteiger partial charge is 0.277 e. The van der Waals surface area contributed by atoms with E-state index >= 15 is 0 Å². The third-order valence-electron chi connectivity index (χ3n) is 2.63. The molecule has 0 saturated heterocycles. The van der Waals surface area contributed by atoms with Crippen molar-refractivity contribution in [3.8, 4) is 5.75 Å². The summed E-state index contributed by atoms with van der Waals surface area (Å²) in [7, 11) is 0. The molecule has 1 N–H and O–H groups in total. The van der Waals surface area contributed by atoms with E-state index in [1.807, 2.05) is 6.07 Å². The second kappa shape index (κ2) is 8.41. The van der Waals surface area contributed by atoms with Crippen molar-refractivity contribution < 1.29 is 9.53 Å². The molecule has 0 spiro atoms. The predicted molar refractivity (Wildman–Crippen MR) is 94.2 cm³/mol. The largest absolute Gasteiger partial charge is 0.482 e. The average molecular weight is 392 g/mol. The lowest BCUT2D eigenvalue weighted by Crippen LogP contribution is -2.24. The topological polar surface area (TPSA) is 50.7 Å². The highest BCUT2D eigenvalue weighted by Crippen LogP contribution is 2.33. The molecule has 120 valence electrons. The van der Waals surface area contributed by atoms with Crippen LogP contribution in [0, 0.1) is 0 Å². The van der Waals surface area contributed by atoms with E-state index in [9.17, 15) is 4.79 Å². The van der Waals surface area contributed by atoms with Crippen molar-refractivity contribution in [1.29, 1.82) is 0 Å². The van der Waals surface area contributed by atoms with E-state index in [-0.39, 0.29) is 22.4 Å². The van der Waals surface area contributed by atoms with Gasteiger partial charge in [0.05, 0.1) is 21.3 Å². The van der Waals surface area contributed by atoms with Crippen LogP contribution in [-0.4, -0.2) is 18.7 Å². The number of carbonyl (C=O) groups excluding carboxylic acids is 1. The molecule has 0 aromatic heterocycles. The molecule has 0 bridgehead atoms. The molecule has 4 nitrogen and oxygen atoms in total. The molecule has 2 aromatic rings. The summed E-state index contributed by atoms with van der Waals surface area (Å²) in [6.45, 7) is -0.280. The molecule has 0 aliphatic rings. The van der Waals surface area contributed by atoms with Crippen LogP contribution in [0.25, 0.3) is 0 Å². The predicted octanol–water partition coefficient (Wildman–Crippen LogP) is 4.83. The number of hydrogen-bond donors (Lipinski definition) is 1. The Bertz CT molecular complexity index is 750. The van der Waals surface area contributed by atoms with Crippen molar-refractivity contribution >= 4 is 58.5 Å². The second-order valence-corrected chi connectivity index (χ2v) is 5.93. The van der Waals surface area contributed by atoms with E-state index in [1.165, 1.54) is 18.3 Å². The van der Waals surface area contributed by atoms with Gasteiger partial charge >= 0.3 is 0 Å². The fraction of sp³-hybridized carbons (Fsp3) is 0.0667. The van der Waals surface area contributed by atoms with Crippen molar-refractivity contribution in [2.75, 3.05) is 6.61 Å². The maximum atomic E-state index is 11.7. The highest BCUT2D eigenvalue weighted by atomic mass is 35.5. The molecule has 0 radical (unpaired) electrons. The first kappa shape index (κ1) is 17.9. The SMILES string of the molecule is O=C(COc1cc(Cl)c(Cl)cc1Cl)N/N=C/c1ccccc1Cl. The van der Waals surface area contributed by atoms with E-state index in [0.29, 0.717) is 15.6 Å². The number of nitrogens with one attached hydrogen (secondary N) is 1. The summed E-state index contributed by atoms with van der Waals surface area (Å²) in [5.41, 5.74) is 3.00. The Hall–Kier alpha value is -1.46. The number of benzene rings is 2. The van der Waals surface area contributed by atoms with Crippen LogP contribution in [0.4, 0.5) is 0 Å². The van der Waals surface area contributed by atoms with Gasteiger partial charge in [-0.15, -0.1) is 0 Å². The van der Waals surface area contributed by atoms with Crippen LogP contribution in [0.3, 0.4) is 0 Å². The molecular weight excluding hydrogens is 382 g/mol. The van der Waals surface area contributed by atoms with Gasteiger partial charge in [0.1, 0.15) is 5.75 Å². The Labute approximate surface area is 152 Å². The highest BCUT2D eigenvalue weighted by Gasteiger charge is 2.09. The summed E-state index contributed by atoms with van der Waals surface area (Å²) in [5, 5.41) is 5.17. The Morgan fingerprint density at radius 1 is 1.04 bits per heavy atom. The first-order chi connectivity index (χ1) is 11.0. The number of halogens is 4. The van der Waals surface area contributed by atoms with Gasteiger partial charge in [0.25, 0.3) is 5.91 Å². The van der Waals surface area contributed by atoms with Gasteiger partial charge in [-0.2, -0.15) is 5.10 Å². The summed E-state index contributed by atoms with van der Waals surface area (Å²) < 4.78 is 5.27. The van der Waals surface area contributed by atoms with Crippen LogP contribution in [0.5, 0.6) is 5.75 Å². The van der Waals surface area contributed by atoms with Crippen LogP contribution in [-0.2, 0) is 4.79 Å². The standard InChI is InChI=1S/C15H10Cl4N2O2/c16-10-4-2-1-3-9(10)7-20-21-15(22)8-23-14-6-12(18)11(17)5-13(14)19/h1-7H,8H2,(H,21,22)/b20-7+. The molecule has 2 aromatic carbocycles. The van der Waals surface area contributed by atoms with E-state index in [2.05, 4.69) is 10.5 Å². The number of hydrazone groups is 1. The Kier molecular flexibility index (Phi) is 6.54. The maximum absolute atomic E-state index is 11.7. The van der Waals surface area contributed by atoms with Crippen LogP contribution in [0.15, 0.2) is 41.5 Å². The molecule has 2 rings (SSSR count). The molecule has 0 atom stereocenters. The molecule has 1 amide bonds. The summed E-state index contributed by atoms with van der Waals surface area (Å²) in [5.74, 6) is -0.207. The molecule has 0 aliphatic carbocycles. The van der Waals surface area contributed by atoms with Crippen molar-refractivity contribution in [2.45, 2.75) is 0 Å². The molecule has 0 unspecified atom stereocenters. The number of carbonyl (C=O) groups is 1. The number of amides is 1. The van der Waals surface area contributed by atoms with Crippen molar-refractivity contribution in [2.24, 2.45) is 5.10 Å². The van der Waals surface area contributed by atoms with Crippen LogP contribution in [0.2, 0.25) is 20.1 Å². The first-order valence-electron chi connectivity index (χ1n) is 6.31. The van der Waals surface area contributed by atoms with Gasteiger partial charge in [-0.1, -0.05) is 64.6 Å². The van der Waals surface area contributed by atoms with Gasteiger partial charge in [-0.3, -0.25) is 4.79 Å². The van der Waals surface area contributed by atoms with Gasteiger partial charge in [-0.05, 0) is 12.1 Å². The Morgan fingerprint density at radius 2 is 1.74 bits per heavy atom. The lowest BCUT2D eigenvalue weighted by atomic mass is 10.2. The van der Waals surface area contributed by atoms with Crippen LogP contribution < -0.4 is 10.2 Å². The number of ether oxygens (including phenoxy) is 1. The van der Waals surface area contributed by atoms with Crippen molar-refractivity contribution in [3.05, 3.63) is 62.1 Å². The molecule has 23 heavy (non-hydrogen) atoms. The lowest BCUT2D eigenvalue weighted by Gasteiger charge is -2.08. The molecule has 0 heterocycles. The summed E-state index contributed by atoms with van der Waals surface area (Å²) in [6, 6.07) is 9.97. The summed E-state index contributed by atoms with van der Waals surface area (Å²) in [6.07, 6.45) is 1.44. The number of hydrogen-bond acceptors (Lipinski definition) is 3. The minimum atomic E-state index is -0.463. The quantitative estimate of drug-likeness (QED) is 0.450. The minimum Gasteiger partial charge on any atom is -0.482 e. The fourth-order valence-corrected chi connectivity index (χ4v) is 2.32. The Morgan fingerprint density at radius 3 is 2.48 bits per heavy atom. The summed E-state index contributed by atoms with van der Waals surface area (Å²) >= 11 is 23.6. The first-order valence-corrected chi connectivity index (χ1v) is 7.82. The van der Waals surface area contributed by atoms with Crippen molar-refractivity contribution in [3.63, 3.8) is 0 Å². The van der Waals surface area contributed by atoms with Crippen LogP contribution >= 0.6 is 46.4 Å². The van der Waals surface area contributed by atoms with Gasteiger partial charge in [0.15, 0.2) is 6.61 Å². The molecule has 0 aliphatic heterocycles. The van der Waals surface area contributed by atoms with Crippen LogP contribution in [0.1, 0.15) is 5.56 Å². The van der Waals surface area contributed by atoms with Gasteiger partial charge in [0, 0.05) is 16.7 Å². The zero-order valence-corrected chi connectivity index (χ0v) is 14.5. The average Bonchev–Trinajstić information content (AvgIpc) is 2.51. The number of rotatable bonds is 5. The minimum absolute atomic E-state index is 0.256.